The quantitative estimate of drug-likeness (QED) is 0.933. The van der Waals surface area contributed by atoms with Gasteiger partial charge in [0.05, 0.1) is 16.9 Å². The van der Waals surface area contributed by atoms with Crippen LogP contribution in [0.2, 0.25) is 5.02 Å². The molecule has 4 saturated carbocycles. The van der Waals surface area contributed by atoms with Crippen molar-refractivity contribution in [1.82, 2.24) is 15.1 Å². The lowest BCUT2D eigenvalue weighted by Crippen LogP contribution is -2.60. The Labute approximate surface area is 130 Å². The van der Waals surface area contributed by atoms with Crippen LogP contribution >= 0.6 is 11.6 Å². The molecule has 1 N–H and O–H groups in total. The molecule has 1 heterocycles. The SMILES string of the molecule is Cc1c(Cl)cnn1CC(=O)NC12CC3CC(CC(C3)C1)C2. The number of rotatable bonds is 3. The number of carbonyl (C=O) groups excluding carboxylic acids is 1. The Balaban J connectivity index is 1.46. The largest absolute Gasteiger partial charge is 0.349 e. The lowest BCUT2D eigenvalue weighted by Gasteiger charge is -2.56. The molecule has 1 amide bonds. The number of nitrogens with zero attached hydrogens (tertiary/aromatic N) is 2. The van der Waals surface area contributed by atoms with Gasteiger partial charge in [0.2, 0.25) is 5.91 Å². The Hall–Kier alpha value is -1.03. The van der Waals surface area contributed by atoms with Crippen molar-refractivity contribution in [1.29, 1.82) is 0 Å². The lowest BCUT2D eigenvalue weighted by atomic mass is 9.53. The Morgan fingerprint density at radius 1 is 1.33 bits per heavy atom. The van der Waals surface area contributed by atoms with Gasteiger partial charge in [0, 0.05) is 5.54 Å². The van der Waals surface area contributed by atoms with Crippen molar-refractivity contribution < 1.29 is 4.79 Å². The fraction of sp³-hybridized carbons (Fsp3) is 0.750. The maximum Gasteiger partial charge on any atom is 0.242 e. The minimum absolute atomic E-state index is 0.0800. The van der Waals surface area contributed by atoms with Crippen molar-refractivity contribution in [3.8, 4) is 0 Å². The van der Waals surface area contributed by atoms with E-state index in [0.717, 1.165) is 23.4 Å². The first-order chi connectivity index (χ1) is 10.0. The van der Waals surface area contributed by atoms with E-state index in [-0.39, 0.29) is 18.0 Å². The van der Waals surface area contributed by atoms with Crippen LogP contribution in [0.25, 0.3) is 0 Å². The Morgan fingerprint density at radius 3 is 2.38 bits per heavy atom. The number of halogens is 1. The molecular weight excluding hydrogens is 286 g/mol. The minimum Gasteiger partial charge on any atom is -0.349 e. The van der Waals surface area contributed by atoms with Crippen LogP contribution in [0.1, 0.15) is 44.2 Å². The zero-order chi connectivity index (χ0) is 14.6. The van der Waals surface area contributed by atoms with Gasteiger partial charge >= 0.3 is 0 Å². The average molecular weight is 308 g/mol. The highest BCUT2D eigenvalue weighted by Crippen LogP contribution is 2.55. The summed E-state index contributed by atoms with van der Waals surface area (Å²) in [6, 6.07) is 0. The Bertz CT molecular complexity index is 545. The summed E-state index contributed by atoms with van der Waals surface area (Å²) in [7, 11) is 0. The molecule has 0 aliphatic heterocycles. The van der Waals surface area contributed by atoms with Gasteiger partial charge in [-0.1, -0.05) is 11.6 Å². The van der Waals surface area contributed by atoms with E-state index in [9.17, 15) is 4.79 Å². The van der Waals surface area contributed by atoms with Gasteiger partial charge in [-0.05, 0) is 63.2 Å². The van der Waals surface area contributed by atoms with E-state index in [2.05, 4.69) is 10.4 Å². The second-order valence-corrected chi connectivity index (χ2v) is 7.89. The number of amides is 1. The monoisotopic (exact) mass is 307 g/mol. The number of nitrogens with one attached hydrogen (secondary N) is 1. The molecule has 0 saturated heterocycles. The summed E-state index contributed by atoms with van der Waals surface area (Å²) in [5.74, 6) is 2.62. The molecule has 5 heteroatoms. The average Bonchev–Trinajstić information content (AvgIpc) is 2.68. The van der Waals surface area contributed by atoms with Crippen molar-refractivity contribution in [3.05, 3.63) is 16.9 Å². The highest BCUT2D eigenvalue weighted by Gasteiger charge is 2.51. The van der Waals surface area contributed by atoms with Gasteiger partial charge in [-0.25, -0.2) is 0 Å². The van der Waals surface area contributed by atoms with Crippen LogP contribution in [-0.2, 0) is 11.3 Å². The first-order valence-electron chi connectivity index (χ1n) is 8.02. The Kier molecular flexibility index (Phi) is 3.07. The standard InChI is InChI=1S/C16H22ClN3O/c1-10-14(17)8-18-20(10)9-15(21)19-16-5-11-2-12(6-16)4-13(3-11)7-16/h8,11-13H,2-7,9H2,1H3,(H,19,21). The number of hydrogen-bond acceptors (Lipinski definition) is 2. The maximum absolute atomic E-state index is 12.4. The van der Waals surface area contributed by atoms with Gasteiger partial charge in [0.15, 0.2) is 0 Å². The second-order valence-electron chi connectivity index (χ2n) is 7.48. The minimum atomic E-state index is 0.0800. The highest BCUT2D eigenvalue weighted by atomic mass is 35.5. The van der Waals surface area contributed by atoms with Gasteiger partial charge in [0.25, 0.3) is 0 Å². The van der Waals surface area contributed by atoms with Gasteiger partial charge in [-0.15, -0.1) is 0 Å². The summed E-state index contributed by atoms with van der Waals surface area (Å²) in [5.41, 5.74) is 0.939. The molecule has 0 atom stereocenters. The number of aromatic nitrogens is 2. The van der Waals surface area contributed by atoms with E-state index < -0.39 is 0 Å². The van der Waals surface area contributed by atoms with Gasteiger partial charge < -0.3 is 5.32 Å². The normalized spacial score (nSPS) is 37.0. The van der Waals surface area contributed by atoms with Crippen molar-refractivity contribution in [2.24, 2.45) is 17.8 Å². The van der Waals surface area contributed by atoms with Gasteiger partial charge in [-0.2, -0.15) is 5.10 Å². The molecule has 4 bridgehead atoms. The van der Waals surface area contributed by atoms with Crippen molar-refractivity contribution in [2.75, 3.05) is 0 Å². The van der Waals surface area contributed by atoms with E-state index >= 15 is 0 Å². The first kappa shape index (κ1) is 13.6. The molecule has 4 fully saturated rings. The Morgan fingerprint density at radius 2 is 1.90 bits per heavy atom. The third-order valence-electron chi connectivity index (χ3n) is 5.78. The van der Waals surface area contributed by atoms with Crippen LogP contribution in [0.3, 0.4) is 0 Å². The van der Waals surface area contributed by atoms with E-state index in [0.29, 0.717) is 5.02 Å². The molecule has 0 radical (unpaired) electrons. The fourth-order valence-electron chi connectivity index (χ4n) is 5.32. The predicted octanol–water partition coefficient (Wildman–Crippen LogP) is 2.93. The molecule has 4 aliphatic rings. The third kappa shape index (κ3) is 2.37. The predicted molar refractivity (Wildman–Crippen MR) is 81.0 cm³/mol. The molecule has 1 aromatic rings. The molecule has 0 aromatic carbocycles. The molecule has 0 spiro atoms. The number of hydrogen-bond donors (Lipinski definition) is 1. The van der Waals surface area contributed by atoms with Crippen LogP contribution in [0.5, 0.6) is 0 Å². The molecule has 4 aliphatic carbocycles. The summed E-state index contributed by atoms with van der Waals surface area (Å²) in [4.78, 5) is 12.4. The van der Waals surface area contributed by atoms with E-state index in [4.69, 9.17) is 11.6 Å². The van der Waals surface area contributed by atoms with Crippen molar-refractivity contribution >= 4 is 17.5 Å². The number of carbonyl (C=O) groups is 1. The molecule has 5 rings (SSSR count). The zero-order valence-electron chi connectivity index (χ0n) is 12.4. The van der Waals surface area contributed by atoms with E-state index in [1.54, 1.807) is 10.9 Å². The molecule has 4 nitrogen and oxygen atoms in total. The van der Waals surface area contributed by atoms with Crippen LogP contribution < -0.4 is 5.32 Å². The highest BCUT2D eigenvalue weighted by molar-refractivity contribution is 6.31. The van der Waals surface area contributed by atoms with Crippen molar-refractivity contribution in [2.45, 2.75) is 57.5 Å². The lowest BCUT2D eigenvalue weighted by molar-refractivity contribution is -0.127. The molecule has 0 unspecified atom stereocenters. The summed E-state index contributed by atoms with van der Waals surface area (Å²) in [6.45, 7) is 2.17. The van der Waals surface area contributed by atoms with Crippen LogP contribution in [0.4, 0.5) is 0 Å². The smallest absolute Gasteiger partial charge is 0.242 e. The summed E-state index contributed by atoms with van der Waals surface area (Å²) >= 11 is 6.00. The van der Waals surface area contributed by atoms with Crippen molar-refractivity contribution in [3.63, 3.8) is 0 Å². The topological polar surface area (TPSA) is 46.9 Å². The molecular formula is C16H22ClN3O. The van der Waals surface area contributed by atoms with Crippen LogP contribution in [0, 0.1) is 24.7 Å². The second kappa shape index (κ2) is 4.73. The van der Waals surface area contributed by atoms with Gasteiger partial charge in [-0.3, -0.25) is 9.48 Å². The summed E-state index contributed by atoms with van der Waals surface area (Å²) in [5, 5.41) is 8.16. The molecule has 114 valence electrons. The van der Waals surface area contributed by atoms with Crippen LogP contribution in [0.15, 0.2) is 6.20 Å². The van der Waals surface area contributed by atoms with Crippen LogP contribution in [-0.4, -0.2) is 21.2 Å². The van der Waals surface area contributed by atoms with E-state index in [1.165, 1.54) is 38.5 Å². The zero-order valence-corrected chi connectivity index (χ0v) is 13.2. The molecule has 1 aromatic heterocycles. The summed E-state index contributed by atoms with van der Waals surface area (Å²) < 4.78 is 1.69. The van der Waals surface area contributed by atoms with Gasteiger partial charge in [0.1, 0.15) is 6.54 Å². The van der Waals surface area contributed by atoms with E-state index in [1.807, 2.05) is 6.92 Å². The maximum atomic E-state index is 12.4. The fourth-order valence-corrected chi connectivity index (χ4v) is 5.46. The first-order valence-corrected chi connectivity index (χ1v) is 8.40. The summed E-state index contributed by atoms with van der Waals surface area (Å²) in [6.07, 6.45) is 9.33. The third-order valence-corrected chi connectivity index (χ3v) is 6.15. The molecule has 21 heavy (non-hydrogen) atoms.